The molecule has 0 bridgehead atoms. The smallest absolute Gasteiger partial charge is 0.254 e. The molecule has 0 aliphatic rings. The van der Waals surface area contributed by atoms with Crippen molar-refractivity contribution >= 4 is 79.7 Å². The highest BCUT2D eigenvalue weighted by atomic mass is 79.9. The van der Waals surface area contributed by atoms with Crippen LogP contribution >= 0.6 is 63.0 Å². The molecule has 2 rings (SSSR count). The van der Waals surface area contributed by atoms with Gasteiger partial charge in [-0.15, -0.1) is 0 Å². The highest BCUT2D eigenvalue weighted by molar-refractivity contribution is 9.10. The summed E-state index contributed by atoms with van der Waals surface area (Å²) in [7, 11) is 0. The van der Waals surface area contributed by atoms with E-state index < -0.39 is 15.9 Å². The second-order valence-electron chi connectivity index (χ2n) is 5.84. The SMILES string of the molecule is Cc1ccc(NC(=S)NC(NC(=O)c2ccccc2Br)C(Cl)(Cl)Cl)c(C)c1. The molecule has 9 heteroatoms. The van der Waals surface area contributed by atoms with Crippen molar-refractivity contribution in [1.82, 2.24) is 10.6 Å². The minimum atomic E-state index is -1.83. The van der Waals surface area contributed by atoms with Crippen LogP contribution < -0.4 is 16.0 Å². The molecule has 2 aromatic rings. The average Bonchev–Trinajstić information content (AvgIpc) is 2.56. The lowest BCUT2D eigenvalue weighted by Gasteiger charge is -2.28. The molecule has 144 valence electrons. The number of amides is 1. The van der Waals surface area contributed by atoms with Crippen LogP contribution in [0.3, 0.4) is 0 Å². The van der Waals surface area contributed by atoms with Crippen molar-refractivity contribution in [3.05, 3.63) is 63.6 Å². The molecule has 0 fully saturated rings. The number of halogens is 4. The van der Waals surface area contributed by atoms with Crippen LogP contribution in [0.1, 0.15) is 21.5 Å². The summed E-state index contributed by atoms with van der Waals surface area (Å²) in [6.45, 7) is 3.96. The summed E-state index contributed by atoms with van der Waals surface area (Å²) in [4.78, 5) is 12.5. The van der Waals surface area contributed by atoms with Crippen LogP contribution in [-0.2, 0) is 0 Å². The minimum absolute atomic E-state index is 0.214. The van der Waals surface area contributed by atoms with Crippen LogP contribution in [0.15, 0.2) is 46.9 Å². The molecule has 0 aromatic heterocycles. The van der Waals surface area contributed by atoms with Gasteiger partial charge in [-0.25, -0.2) is 0 Å². The van der Waals surface area contributed by atoms with Crippen LogP contribution in [0.2, 0.25) is 0 Å². The van der Waals surface area contributed by atoms with E-state index in [1.807, 2.05) is 32.0 Å². The Labute approximate surface area is 187 Å². The highest BCUT2D eigenvalue weighted by Crippen LogP contribution is 2.30. The molecule has 0 heterocycles. The molecule has 2 aromatic carbocycles. The molecule has 0 aliphatic carbocycles. The number of nitrogens with one attached hydrogen (secondary N) is 3. The van der Waals surface area contributed by atoms with E-state index in [2.05, 4.69) is 31.9 Å². The van der Waals surface area contributed by atoms with E-state index >= 15 is 0 Å². The predicted molar refractivity (Wildman–Crippen MR) is 121 cm³/mol. The normalized spacial score (nSPS) is 12.2. The van der Waals surface area contributed by atoms with Crippen molar-refractivity contribution in [2.24, 2.45) is 0 Å². The topological polar surface area (TPSA) is 53.2 Å². The van der Waals surface area contributed by atoms with Gasteiger partial charge < -0.3 is 16.0 Å². The van der Waals surface area contributed by atoms with Crippen LogP contribution in [0, 0.1) is 13.8 Å². The summed E-state index contributed by atoms with van der Waals surface area (Å²) in [5.41, 5.74) is 3.38. The number of carbonyl (C=O) groups excluding carboxylic acids is 1. The molecule has 0 saturated carbocycles. The molecule has 27 heavy (non-hydrogen) atoms. The van der Waals surface area contributed by atoms with E-state index in [1.165, 1.54) is 0 Å². The fourth-order valence-corrected chi connectivity index (χ4v) is 3.32. The summed E-state index contributed by atoms with van der Waals surface area (Å²) in [6.07, 6.45) is -1.05. The van der Waals surface area contributed by atoms with E-state index in [4.69, 9.17) is 47.0 Å². The largest absolute Gasteiger partial charge is 0.339 e. The Morgan fingerprint density at radius 1 is 1.11 bits per heavy atom. The number of benzene rings is 2. The van der Waals surface area contributed by atoms with Gasteiger partial charge in [-0.1, -0.05) is 64.6 Å². The molecular formula is C18H17BrCl3N3OS. The number of hydrogen-bond acceptors (Lipinski definition) is 2. The maximum Gasteiger partial charge on any atom is 0.254 e. The molecule has 0 aliphatic heterocycles. The monoisotopic (exact) mass is 507 g/mol. The third-order valence-electron chi connectivity index (χ3n) is 3.63. The van der Waals surface area contributed by atoms with Crippen LogP contribution in [-0.4, -0.2) is 21.0 Å². The van der Waals surface area contributed by atoms with Crippen LogP contribution in [0.5, 0.6) is 0 Å². The minimum Gasteiger partial charge on any atom is -0.339 e. The zero-order valence-corrected chi connectivity index (χ0v) is 19.1. The van der Waals surface area contributed by atoms with Gasteiger partial charge in [0.15, 0.2) is 5.11 Å². The summed E-state index contributed by atoms with van der Waals surface area (Å²) in [5.74, 6) is -0.416. The van der Waals surface area contributed by atoms with E-state index in [-0.39, 0.29) is 5.11 Å². The van der Waals surface area contributed by atoms with Gasteiger partial charge in [0.2, 0.25) is 3.79 Å². The van der Waals surface area contributed by atoms with Gasteiger partial charge in [0, 0.05) is 10.2 Å². The zero-order chi connectivity index (χ0) is 20.2. The molecule has 1 unspecified atom stereocenters. The van der Waals surface area contributed by atoms with Crippen molar-refractivity contribution < 1.29 is 4.79 Å². The molecule has 0 radical (unpaired) electrons. The first kappa shape index (κ1) is 22.2. The first-order chi connectivity index (χ1) is 12.6. The number of alkyl halides is 3. The fraction of sp³-hybridized carbons (Fsp3) is 0.222. The van der Waals surface area contributed by atoms with Gasteiger partial charge in [-0.2, -0.15) is 0 Å². The van der Waals surface area contributed by atoms with E-state index in [0.29, 0.717) is 10.0 Å². The lowest BCUT2D eigenvalue weighted by molar-refractivity contribution is 0.0934. The maximum absolute atomic E-state index is 12.5. The zero-order valence-electron chi connectivity index (χ0n) is 14.4. The van der Waals surface area contributed by atoms with Crippen molar-refractivity contribution in [2.45, 2.75) is 23.8 Å². The molecule has 3 N–H and O–H groups in total. The standard InChI is InChI=1S/C18H17BrCl3N3OS/c1-10-7-8-14(11(2)9-10)23-17(27)25-16(18(20,21)22)24-15(26)12-5-3-4-6-13(12)19/h3-9,16H,1-2H3,(H,24,26)(H2,23,25,27). The maximum atomic E-state index is 12.5. The number of anilines is 1. The fourth-order valence-electron chi connectivity index (χ4n) is 2.30. The molecule has 1 atom stereocenters. The quantitative estimate of drug-likeness (QED) is 0.290. The number of thiocarbonyl (C=S) groups is 1. The lowest BCUT2D eigenvalue weighted by Crippen LogP contribution is -2.56. The molecule has 0 saturated heterocycles. The number of hydrogen-bond donors (Lipinski definition) is 3. The number of aryl methyl sites for hydroxylation is 2. The molecule has 4 nitrogen and oxygen atoms in total. The van der Waals surface area contributed by atoms with Gasteiger partial charge >= 0.3 is 0 Å². The number of carbonyl (C=O) groups is 1. The predicted octanol–water partition coefficient (Wildman–Crippen LogP) is 5.48. The van der Waals surface area contributed by atoms with Crippen LogP contribution in [0.4, 0.5) is 5.69 Å². The van der Waals surface area contributed by atoms with Gasteiger partial charge in [0.1, 0.15) is 6.17 Å². The first-order valence-corrected chi connectivity index (χ1v) is 10.2. The van der Waals surface area contributed by atoms with Crippen LogP contribution in [0.25, 0.3) is 0 Å². The van der Waals surface area contributed by atoms with Crippen molar-refractivity contribution in [1.29, 1.82) is 0 Å². The summed E-state index contributed by atoms with van der Waals surface area (Å²) in [6, 6.07) is 12.8. The highest BCUT2D eigenvalue weighted by Gasteiger charge is 2.35. The third-order valence-corrected chi connectivity index (χ3v) is 5.19. The molecule has 1 amide bonds. The van der Waals surface area contributed by atoms with Gasteiger partial charge in [0.05, 0.1) is 5.56 Å². The van der Waals surface area contributed by atoms with Gasteiger partial charge in [-0.05, 0) is 65.8 Å². The Hall–Kier alpha value is -1.05. The molecular weight excluding hydrogens is 493 g/mol. The van der Waals surface area contributed by atoms with E-state index in [0.717, 1.165) is 16.8 Å². The number of rotatable bonds is 4. The summed E-state index contributed by atoms with van der Waals surface area (Å²) >= 11 is 26.7. The van der Waals surface area contributed by atoms with Crippen molar-refractivity contribution in [3.8, 4) is 0 Å². The first-order valence-electron chi connectivity index (χ1n) is 7.85. The van der Waals surface area contributed by atoms with E-state index in [1.54, 1.807) is 24.3 Å². The second kappa shape index (κ2) is 9.43. The Morgan fingerprint density at radius 2 is 1.78 bits per heavy atom. The van der Waals surface area contributed by atoms with E-state index in [9.17, 15) is 4.79 Å². The van der Waals surface area contributed by atoms with Crippen molar-refractivity contribution in [3.63, 3.8) is 0 Å². The summed E-state index contributed by atoms with van der Waals surface area (Å²) in [5, 5.41) is 8.76. The van der Waals surface area contributed by atoms with Gasteiger partial charge in [-0.3, -0.25) is 4.79 Å². The Kier molecular flexibility index (Phi) is 7.77. The lowest BCUT2D eigenvalue weighted by atomic mass is 10.1. The van der Waals surface area contributed by atoms with Gasteiger partial charge in [0.25, 0.3) is 5.91 Å². The second-order valence-corrected chi connectivity index (χ2v) is 9.48. The summed E-state index contributed by atoms with van der Waals surface area (Å²) < 4.78 is -1.20. The average molecular weight is 510 g/mol. The Morgan fingerprint density at radius 3 is 2.37 bits per heavy atom. The Bertz CT molecular complexity index is 858. The Balaban J connectivity index is 2.11. The van der Waals surface area contributed by atoms with Crippen molar-refractivity contribution in [2.75, 3.05) is 5.32 Å². The molecule has 0 spiro atoms. The third kappa shape index (κ3) is 6.50.